The van der Waals surface area contributed by atoms with Crippen LogP contribution in [-0.4, -0.2) is 52.6 Å². The Hall–Kier alpha value is -1.69. The lowest BCUT2D eigenvalue weighted by Crippen LogP contribution is -2.37. The number of hydrogen-bond acceptors (Lipinski definition) is 5. The lowest BCUT2D eigenvalue weighted by molar-refractivity contribution is 0.0676. The molecule has 6 heteroatoms. The lowest BCUT2D eigenvalue weighted by Gasteiger charge is -2.22. The third-order valence-electron chi connectivity index (χ3n) is 2.54. The second-order valence-corrected chi connectivity index (χ2v) is 3.92. The van der Waals surface area contributed by atoms with Crippen molar-refractivity contribution in [3.63, 3.8) is 0 Å². The number of aliphatic hydroxyl groups excluding tert-OH is 1. The van der Waals surface area contributed by atoms with Crippen molar-refractivity contribution in [1.82, 2.24) is 14.9 Å². The fraction of sp³-hybridized carbons (Fsp3) is 0.545. The maximum atomic E-state index is 12.1. The monoisotopic (exact) mass is 238 g/mol. The highest BCUT2D eigenvalue weighted by Gasteiger charge is 2.19. The van der Waals surface area contributed by atoms with Gasteiger partial charge in [-0.2, -0.15) is 0 Å². The summed E-state index contributed by atoms with van der Waals surface area (Å²) in [6.07, 6.45) is 0. The predicted molar refractivity (Wildman–Crippen MR) is 65.0 cm³/mol. The normalized spacial score (nSPS) is 12.1. The van der Waals surface area contributed by atoms with Crippen LogP contribution in [0, 0.1) is 6.92 Å². The van der Waals surface area contributed by atoms with Crippen LogP contribution < -0.4 is 5.32 Å². The number of rotatable bonds is 4. The maximum Gasteiger partial charge on any atom is 0.272 e. The van der Waals surface area contributed by atoms with Crippen molar-refractivity contribution in [1.29, 1.82) is 0 Å². The Kier molecular flexibility index (Phi) is 4.39. The average Bonchev–Trinajstić information content (AvgIpc) is 2.35. The molecule has 0 radical (unpaired) electrons. The van der Waals surface area contributed by atoms with E-state index in [1.807, 2.05) is 0 Å². The molecule has 1 rings (SSSR count). The fourth-order valence-corrected chi connectivity index (χ4v) is 1.29. The van der Waals surface area contributed by atoms with Crippen LogP contribution in [0.3, 0.4) is 0 Å². The largest absolute Gasteiger partial charge is 0.394 e. The van der Waals surface area contributed by atoms with Crippen LogP contribution in [0.1, 0.15) is 23.1 Å². The third kappa shape index (κ3) is 3.13. The summed E-state index contributed by atoms with van der Waals surface area (Å²) in [7, 11) is 3.34. The molecule has 0 bridgehead atoms. The highest BCUT2D eigenvalue weighted by Crippen LogP contribution is 2.08. The van der Waals surface area contributed by atoms with Gasteiger partial charge in [0.2, 0.25) is 5.95 Å². The number of nitrogens with zero attached hydrogens (tertiary/aromatic N) is 3. The fourth-order valence-electron chi connectivity index (χ4n) is 1.29. The number of likely N-dealkylation sites (N-methyl/N-ethyl adjacent to an activating group) is 1. The first-order valence-electron chi connectivity index (χ1n) is 5.41. The summed E-state index contributed by atoms with van der Waals surface area (Å²) in [4.78, 5) is 21.7. The van der Waals surface area contributed by atoms with E-state index in [1.54, 1.807) is 34.0 Å². The van der Waals surface area contributed by atoms with Crippen LogP contribution in [0.15, 0.2) is 6.07 Å². The van der Waals surface area contributed by atoms with Crippen LogP contribution in [0.25, 0.3) is 0 Å². The summed E-state index contributed by atoms with van der Waals surface area (Å²) in [6, 6.07) is 1.39. The minimum absolute atomic E-state index is 0.0782. The van der Waals surface area contributed by atoms with Gasteiger partial charge in [0.25, 0.3) is 5.91 Å². The first-order valence-corrected chi connectivity index (χ1v) is 5.41. The van der Waals surface area contributed by atoms with Crippen molar-refractivity contribution in [2.45, 2.75) is 19.9 Å². The number of carbonyl (C=O) groups excluding carboxylic acids is 1. The number of anilines is 1. The Morgan fingerprint density at radius 2 is 2.24 bits per heavy atom. The van der Waals surface area contributed by atoms with Crippen LogP contribution in [-0.2, 0) is 0 Å². The molecule has 1 amide bonds. The van der Waals surface area contributed by atoms with E-state index in [-0.39, 0.29) is 18.6 Å². The number of carbonyl (C=O) groups is 1. The van der Waals surface area contributed by atoms with E-state index in [0.29, 0.717) is 11.6 Å². The van der Waals surface area contributed by atoms with Gasteiger partial charge >= 0.3 is 0 Å². The third-order valence-corrected chi connectivity index (χ3v) is 2.54. The molecule has 1 aromatic rings. The Balaban J connectivity index is 2.99. The van der Waals surface area contributed by atoms with Gasteiger partial charge in [-0.25, -0.2) is 9.97 Å². The summed E-state index contributed by atoms with van der Waals surface area (Å²) in [5, 5.41) is 11.8. The van der Waals surface area contributed by atoms with E-state index >= 15 is 0 Å². The molecule has 17 heavy (non-hydrogen) atoms. The van der Waals surface area contributed by atoms with Crippen molar-refractivity contribution in [3.8, 4) is 0 Å². The molecule has 1 aromatic heterocycles. The number of aliphatic hydroxyl groups is 1. The second kappa shape index (κ2) is 5.58. The number of hydrogen-bond donors (Lipinski definition) is 2. The van der Waals surface area contributed by atoms with Crippen molar-refractivity contribution in [2.75, 3.05) is 26.0 Å². The van der Waals surface area contributed by atoms with Gasteiger partial charge in [0.15, 0.2) is 0 Å². The molecule has 0 aromatic carbocycles. The molecule has 6 nitrogen and oxygen atoms in total. The van der Waals surface area contributed by atoms with E-state index in [0.717, 1.165) is 5.69 Å². The van der Waals surface area contributed by atoms with Gasteiger partial charge in [0.1, 0.15) is 5.69 Å². The van der Waals surface area contributed by atoms with E-state index < -0.39 is 0 Å². The number of amides is 1. The number of aromatic nitrogens is 2. The Bertz CT molecular complexity index is 408. The summed E-state index contributed by atoms with van der Waals surface area (Å²) in [6.45, 7) is 3.49. The molecule has 0 aliphatic rings. The topological polar surface area (TPSA) is 78.4 Å². The molecule has 1 atom stereocenters. The molecule has 2 N–H and O–H groups in total. The SMILES string of the molecule is CNc1nc(C)cc(C(=O)N(C)C(C)CO)n1. The number of aryl methyl sites for hydroxylation is 1. The van der Waals surface area contributed by atoms with Crippen molar-refractivity contribution < 1.29 is 9.90 Å². The van der Waals surface area contributed by atoms with Crippen molar-refractivity contribution in [3.05, 3.63) is 17.5 Å². The smallest absolute Gasteiger partial charge is 0.272 e. The molecule has 0 saturated heterocycles. The predicted octanol–water partition coefficient (Wildman–Crippen LogP) is 0.280. The Morgan fingerprint density at radius 3 is 2.76 bits per heavy atom. The molecule has 0 aliphatic heterocycles. The molecule has 0 aliphatic carbocycles. The molecule has 1 unspecified atom stereocenters. The van der Waals surface area contributed by atoms with Crippen molar-refractivity contribution in [2.24, 2.45) is 0 Å². The van der Waals surface area contributed by atoms with Crippen LogP contribution in [0.2, 0.25) is 0 Å². The van der Waals surface area contributed by atoms with E-state index in [1.165, 1.54) is 4.90 Å². The molecule has 94 valence electrons. The Labute approximate surface area is 101 Å². The average molecular weight is 238 g/mol. The van der Waals surface area contributed by atoms with Gasteiger partial charge in [0, 0.05) is 19.8 Å². The molecule has 1 heterocycles. The van der Waals surface area contributed by atoms with E-state index in [4.69, 9.17) is 5.11 Å². The summed E-state index contributed by atoms with van der Waals surface area (Å²) >= 11 is 0. The minimum atomic E-state index is -0.240. The maximum absolute atomic E-state index is 12.1. The summed E-state index contributed by atoms with van der Waals surface area (Å²) in [5.41, 5.74) is 1.04. The molecular weight excluding hydrogens is 220 g/mol. The zero-order chi connectivity index (χ0) is 13.0. The van der Waals surface area contributed by atoms with Crippen LogP contribution in [0.5, 0.6) is 0 Å². The quantitative estimate of drug-likeness (QED) is 0.787. The van der Waals surface area contributed by atoms with Gasteiger partial charge in [-0.3, -0.25) is 4.79 Å². The zero-order valence-corrected chi connectivity index (χ0v) is 10.6. The molecular formula is C11H18N4O2. The van der Waals surface area contributed by atoms with Gasteiger partial charge in [-0.05, 0) is 19.9 Å². The first-order chi connectivity index (χ1) is 7.99. The first kappa shape index (κ1) is 13.4. The van der Waals surface area contributed by atoms with Gasteiger partial charge in [0.05, 0.1) is 12.6 Å². The highest BCUT2D eigenvalue weighted by molar-refractivity contribution is 5.92. The van der Waals surface area contributed by atoms with Gasteiger partial charge < -0.3 is 15.3 Å². The van der Waals surface area contributed by atoms with Crippen LogP contribution in [0.4, 0.5) is 5.95 Å². The minimum Gasteiger partial charge on any atom is -0.394 e. The Morgan fingerprint density at radius 1 is 1.59 bits per heavy atom. The van der Waals surface area contributed by atoms with Gasteiger partial charge in [-0.1, -0.05) is 0 Å². The van der Waals surface area contributed by atoms with Crippen molar-refractivity contribution >= 4 is 11.9 Å². The molecule has 0 saturated carbocycles. The van der Waals surface area contributed by atoms with Crippen LogP contribution >= 0.6 is 0 Å². The van der Waals surface area contributed by atoms with E-state index in [2.05, 4.69) is 15.3 Å². The number of nitrogens with one attached hydrogen (secondary N) is 1. The lowest BCUT2D eigenvalue weighted by atomic mass is 10.2. The summed E-state index contributed by atoms with van der Waals surface area (Å²) in [5.74, 6) is 0.187. The highest BCUT2D eigenvalue weighted by atomic mass is 16.3. The molecule has 0 spiro atoms. The zero-order valence-electron chi connectivity index (χ0n) is 10.6. The van der Waals surface area contributed by atoms with E-state index in [9.17, 15) is 4.79 Å². The molecule has 0 fully saturated rings. The second-order valence-electron chi connectivity index (χ2n) is 3.92. The summed E-state index contributed by atoms with van der Waals surface area (Å²) < 4.78 is 0. The van der Waals surface area contributed by atoms with Gasteiger partial charge in [-0.15, -0.1) is 0 Å². The standard InChI is InChI=1S/C11H18N4O2/c1-7-5-9(14-11(12-3)13-7)10(17)15(4)8(2)6-16/h5,8,16H,6H2,1-4H3,(H,12,13,14).